The minimum atomic E-state index is -1.02. The number of anilines is 1. The Morgan fingerprint density at radius 3 is 2.54 bits per heavy atom. The molecule has 1 amide bonds. The van der Waals surface area contributed by atoms with Crippen LogP contribution in [-0.4, -0.2) is 21.8 Å². The van der Waals surface area contributed by atoms with E-state index in [0.29, 0.717) is 10.2 Å². The molecule has 9 heteroatoms. The molecule has 28 heavy (non-hydrogen) atoms. The molecular weight excluding hydrogens is 436 g/mol. The Morgan fingerprint density at radius 2 is 1.86 bits per heavy atom. The quantitative estimate of drug-likeness (QED) is 0.644. The maximum absolute atomic E-state index is 13.9. The van der Waals surface area contributed by atoms with Crippen molar-refractivity contribution in [1.29, 1.82) is 0 Å². The lowest BCUT2D eigenvalue weighted by molar-refractivity contribution is -0.122. The molecule has 144 valence electrons. The fraction of sp³-hybridized carbons (Fsp3) is 0.105. The zero-order valence-corrected chi connectivity index (χ0v) is 16.1. The van der Waals surface area contributed by atoms with E-state index in [0.717, 1.165) is 4.68 Å². The second kappa shape index (κ2) is 8.30. The van der Waals surface area contributed by atoms with Crippen molar-refractivity contribution in [3.05, 3.63) is 81.1 Å². The molecule has 6 nitrogen and oxygen atoms in total. The van der Waals surface area contributed by atoms with Crippen LogP contribution in [0.25, 0.3) is 5.69 Å². The Labute approximate surface area is 166 Å². The van der Waals surface area contributed by atoms with Gasteiger partial charge in [-0.2, -0.15) is 4.68 Å². The first-order chi connectivity index (χ1) is 13.3. The number of nitrogens with one attached hydrogen (secondary N) is 1. The highest BCUT2D eigenvalue weighted by Gasteiger charge is 2.18. The van der Waals surface area contributed by atoms with Crippen molar-refractivity contribution in [2.45, 2.75) is 13.0 Å². The number of carbonyl (C=O) groups excluding carboxylic acids is 1. The van der Waals surface area contributed by atoms with Crippen molar-refractivity contribution in [3.63, 3.8) is 0 Å². The molecule has 0 fully saturated rings. The summed E-state index contributed by atoms with van der Waals surface area (Å²) in [5.74, 6) is -1.64. The number of ether oxygens (including phenoxy) is 1. The number of aromatic nitrogens is 2. The first kappa shape index (κ1) is 19.7. The molecule has 0 saturated carbocycles. The highest BCUT2D eigenvalue weighted by atomic mass is 79.9. The molecule has 0 aliphatic heterocycles. The fourth-order valence-electron chi connectivity index (χ4n) is 2.28. The summed E-state index contributed by atoms with van der Waals surface area (Å²) < 4.78 is 33.9. The second-order valence-corrected chi connectivity index (χ2v) is 6.69. The smallest absolute Gasteiger partial charge is 0.271 e. The molecule has 0 bridgehead atoms. The van der Waals surface area contributed by atoms with E-state index in [9.17, 15) is 18.4 Å². The number of amides is 1. The molecule has 1 atom stereocenters. The first-order valence-electron chi connectivity index (χ1n) is 8.12. The first-order valence-corrected chi connectivity index (χ1v) is 8.91. The van der Waals surface area contributed by atoms with Gasteiger partial charge in [-0.25, -0.2) is 8.78 Å². The van der Waals surface area contributed by atoms with E-state index in [1.165, 1.54) is 55.5 Å². The minimum Gasteiger partial charge on any atom is -0.463 e. The van der Waals surface area contributed by atoms with Gasteiger partial charge in [0.05, 0.1) is 11.4 Å². The van der Waals surface area contributed by atoms with Crippen LogP contribution in [0.4, 0.5) is 14.5 Å². The van der Waals surface area contributed by atoms with Gasteiger partial charge in [0.2, 0.25) is 5.88 Å². The number of rotatable bonds is 5. The SMILES string of the molecule is CC(Oc1ccc(=O)n(-c2ccc(F)cc2)n1)C(=O)Nc1ccc(Br)cc1F. The number of hydrogen-bond acceptors (Lipinski definition) is 4. The highest BCUT2D eigenvalue weighted by molar-refractivity contribution is 9.10. The largest absolute Gasteiger partial charge is 0.463 e. The van der Waals surface area contributed by atoms with Crippen molar-refractivity contribution in [2.24, 2.45) is 0 Å². The normalized spacial score (nSPS) is 11.7. The van der Waals surface area contributed by atoms with Crippen LogP contribution in [0.1, 0.15) is 6.92 Å². The van der Waals surface area contributed by atoms with Gasteiger partial charge < -0.3 is 10.1 Å². The summed E-state index contributed by atoms with van der Waals surface area (Å²) >= 11 is 3.14. The number of halogens is 3. The second-order valence-electron chi connectivity index (χ2n) is 5.77. The maximum Gasteiger partial charge on any atom is 0.271 e. The molecule has 3 rings (SSSR count). The van der Waals surface area contributed by atoms with Gasteiger partial charge >= 0.3 is 0 Å². The predicted molar refractivity (Wildman–Crippen MR) is 103 cm³/mol. The van der Waals surface area contributed by atoms with E-state index in [4.69, 9.17) is 4.74 Å². The van der Waals surface area contributed by atoms with Gasteiger partial charge in [0.1, 0.15) is 11.6 Å². The van der Waals surface area contributed by atoms with Gasteiger partial charge in [0.25, 0.3) is 11.5 Å². The monoisotopic (exact) mass is 449 g/mol. The summed E-state index contributed by atoms with van der Waals surface area (Å²) in [6.45, 7) is 1.46. The van der Waals surface area contributed by atoms with Gasteiger partial charge in [0, 0.05) is 16.6 Å². The summed E-state index contributed by atoms with van der Waals surface area (Å²) in [6, 6.07) is 11.9. The third kappa shape index (κ3) is 4.61. The van der Waals surface area contributed by atoms with E-state index < -0.39 is 29.2 Å². The van der Waals surface area contributed by atoms with Gasteiger partial charge in [-0.3, -0.25) is 9.59 Å². The molecule has 0 saturated heterocycles. The summed E-state index contributed by atoms with van der Waals surface area (Å²) in [5.41, 5.74) is -0.105. The third-order valence-electron chi connectivity index (χ3n) is 3.70. The zero-order chi connectivity index (χ0) is 20.3. The van der Waals surface area contributed by atoms with Crippen molar-refractivity contribution in [1.82, 2.24) is 9.78 Å². The van der Waals surface area contributed by atoms with Gasteiger partial charge in [0.15, 0.2) is 6.10 Å². The van der Waals surface area contributed by atoms with Crippen molar-refractivity contribution in [3.8, 4) is 11.6 Å². The summed E-state index contributed by atoms with van der Waals surface area (Å²) in [5, 5.41) is 6.45. The molecule has 0 aliphatic rings. The molecule has 1 heterocycles. The van der Waals surface area contributed by atoms with E-state index in [2.05, 4.69) is 26.3 Å². The predicted octanol–water partition coefficient (Wildman–Crippen LogP) is 3.68. The van der Waals surface area contributed by atoms with Crippen LogP contribution in [0.3, 0.4) is 0 Å². The molecule has 3 aromatic rings. The standard InChI is InChI=1S/C19H14BrF2N3O3/c1-11(19(27)23-16-7-2-12(20)10-15(16)22)28-17-8-9-18(26)25(24-17)14-5-3-13(21)4-6-14/h2-11H,1H3,(H,23,27). The molecular formula is C19H14BrF2N3O3. The molecule has 1 unspecified atom stereocenters. The van der Waals surface area contributed by atoms with Crippen molar-refractivity contribution >= 4 is 27.5 Å². The van der Waals surface area contributed by atoms with E-state index >= 15 is 0 Å². The van der Waals surface area contributed by atoms with Crippen LogP contribution >= 0.6 is 15.9 Å². The van der Waals surface area contributed by atoms with E-state index in [1.807, 2.05) is 0 Å². The number of carbonyl (C=O) groups is 1. The highest BCUT2D eigenvalue weighted by Crippen LogP contribution is 2.20. The lowest BCUT2D eigenvalue weighted by Gasteiger charge is -2.15. The van der Waals surface area contributed by atoms with Gasteiger partial charge in [-0.1, -0.05) is 15.9 Å². The van der Waals surface area contributed by atoms with Gasteiger partial charge in [-0.15, -0.1) is 5.10 Å². The molecule has 2 aromatic carbocycles. The summed E-state index contributed by atoms with van der Waals surface area (Å²) in [7, 11) is 0. The average molecular weight is 450 g/mol. The van der Waals surface area contributed by atoms with Crippen molar-refractivity contribution in [2.75, 3.05) is 5.32 Å². The lowest BCUT2D eigenvalue weighted by Crippen LogP contribution is -2.31. The minimum absolute atomic E-state index is 0.00264. The summed E-state index contributed by atoms with van der Waals surface area (Å²) in [6.07, 6.45) is -1.02. The van der Waals surface area contributed by atoms with Crippen LogP contribution in [0.5, 0.6) is 5.88 Å². The Balaban J connectivity index is 1.75. The van der Waals surface area contributed by atoms with Crippen LogP contribution in [0.2, 0.25) is 0 Å². The van der Waals surface area contributed by atoms with Crippen molar-refractivity contribution < 1.29 is 18.3 Å². The summed E-state index contributed by atoms with van der Waals surface area (Å²) in [4.78, 5) is 24.3. The molecule has 1 N–H and O–H groups in total. The molecule has 1 aromatic heterocycles. The Hall–Kier alpha value is -3.07. The average Bonchev–Trinajstić information content (AvgIpc) is 2.66. The topological polar surface area (TPSA) is 73.2 Å². The number of benzene rings is 2. The van der Waals surface area contributed by atoms with E-state index in [1.54, 1.807) is 6.07 Å². The maximum atomic E-state index is 13.9. The van der Waals surface area contributed by atoms with Crippen LogP contribution in [-0.2, 0) is 4.79 Å². The number of hydrogen-bond donors (Lipinski definition) is 1. The number of nitrogens with zero attached hydrogens (tertiary/aromatic N) is 2. The van der Waals surface area contributed by atoms with Crippen LogP contribution < -0.4 is 15.6 Å². The van der Waals surface area contributed by atoms with Crippen LogP contribution in [0, 0.1) is 11.6 Å². The van der Waals surface area contributed by atoms with Crippen LogP contribution in [0.15, 0.2) is 63.9 Å². The van der Waals surface area contributed by atoms with Gasteiger partial charge in [-0.05, 0) is 49.4 Å². The Kier molecular flexibility index (Phi) is 5.84. The third-order valence-corrected chi connectivity index (χ3v) is 4.20. The Morgan fingerprint density at radius 1 is 1.14 bits per heavy atom. The fourth-order valence-corrected chi connectivity index (χ4v) is 2.62. The lowest BCUT2D eigenvalue weighted by atomic mass is 10.3. The zero-order valence-electron chi connectivity index (χ0n) is 14.5. The molecule has 0 spiro atoms. The van der Waals surface area contributed by atoms with E-state index in [-0.39, 0.29) is 11.6 Å². The molecule has 0 radical (unpaired) electrons. The molecule has 0 aliphatic carbocycles. The Bertz CT molecular complexity index is 1070.